The lowest BCUT2D eigenvalue weighted by Crippen LogP contribution is -2.55. The van der Waals surface area contributed by atoms with Gasteiger partial charge in [-0.15, -0.1) is 0 Å². The van der Waals surface area contributed by atoms with Crippen LogP contribution in [-0.2, 0) is 4.74 Å². The summed E-state index contributed by atoms with van der Waals surface area (Å²) in [5.41, 5.74) is 1.44. The lowest BCUT2D eigenvalue weighted by Gasteiger charge is -2.45. The predicted octanol–water partition coefficient (Wildman–Crippen LogP) is 2.72. The summed E-state index contributed by atoms with van der Waals surface area (Å²) >= 11 is 0. The van der Waals surface area contributed by atoms with Gasteiger partial charge < -0.3 is 4.74 Å². The second kappa shape index (κ2) is 7.07. The van der Waals surface area contributed by atoms with E-state index in [0.717, 1.165) is 26.2 Å². The zero-order valence-electron chi connectivity index (χ0n) is 14.0. The van der Waals surface area contributed by atoms with Crippen molar-refractivity contribution in [2.24, 2.45) is 0 Å². The fourth-order valence-electron chi connectivity index (χ4n) is 3.76. The first kappa shape index (κ1) is 15.9. The third-order valence-corrected chi connectivity index (χ3v) is 5.03. The molecule has 0 N–H and O–H groups in total. The first-order valence-electron chi connectivity index (χ1n) is 8.64. The van der Waals surface area contributed by atoms with Gasteiger partial charge in [-0.1, -0.05) is 12.5 Å². The summed E-state index contributed by atoms with van der Waals surface area (Å²) in [5, 5.41) is 0. The highest BCUT2D eigenvalue weighted by atomic mass is 16.5. The van der Waals surface area contributed by atoms with Crippen LogP contribution in [0.3, 0.4) is 0 Å². The highest BCUT2D eigenvalue weighted by Crippen LogP contribution is 2.26. The minimum Gasteiger partial charge on any atom is -0.371 e. The molecule has 0 aliphatic carbocycles. The van der Waals surface area contributed by atoms with Crippen LogP contribution in [0.5, 0.6) is 0 Å². The average molecular weight is 303 g/mol. The molecule has 0 radical (unpaired) electrons. The Hall–Kier alpha value is -0.970. The SMILES string of the molecule is CC(C)(CN1CCO[C@@H](c2cccnc2)C1)N1CCCCC1. The van der Waals surface area contributed by atoms with Crippen molar-refractivity contribution in [3.8, 4) is 0 Å². The van der Waals surface area contributed by atoms with E-state index in [4.69, 9.17) is 4.74 Å². The average Bonchev–Trinajstić information content (AvgIpc) is 2.56. The molecule has 0 aromatic carbocycles. The molecule has 0 spiro atoms. The maximum atomic E-state index is 5.96. The van der Waals surface area contributed by atoms with Crippen LogP contribution >= 0.6 is 0 Å². The molecule has 0 saturated carbocycles. The van der Waals surface area contributed by atoms with Gasteiger partial charge >= 0.3 is 0 Å². The fourth-order valence-corrected chi connectivity index (χ4v) is 3.76. The van der Waals surface area contributed by atoms with Crippen LogP contribution in [0.1, 0.15) is 44.8 Å². The van der Waals surface area contributed by atoms with Crippen LogP contribution in [0.4, 0.5) is 0 Å². The number of morpholine rings is 1. The molecule has 122 valence electrons. The number of nitrogens with zero attached hydrogens (tertiary/aromatic N) is 3. The third kappa shape index (κ3) is 3.86. The number of piperidine rings is 1. The minimum absolute atomic E-state index is 0.166. The lowest BCUT2D eigenvalue weighted by atomic mass is 9.97. The van der Waals surface area contributed by atoms with Crippen LogP contribution in [0, 0.1) is 0 Å². The van der Waals surface area contributed by atoms with Crippen molar-refractivity contribution in [3.05, 3.63) is 30.1 Å². The molecule has 2 aliphatic rings. The van der Waals surface area contributed by atoms with Gasteiger partial charge in [-0.25, -0.2) is 0 Å². The van der Waals surface area contributed by atoms with Gasteiger partial charge in [0, 0.05) is 43.1 Å². The standard InChI is InChI=1S/C18H29N3O/c1-18(2,21-9-4-3-5-10-21)15-20-11-12-22-17(14-20)16-7-6-8-19-13-16/h6-8,13,17H,3-5,9-12,14-15H2,1-2H3/t17-/m1/s1. The van der Waals surface area contributed by atoms with Crippen molar-refractivity contribution < 1.29 is 4.74 Å². The first-order chi connectivity index (χ1) is 10.6. The fraction of sp³-hybridized carbons (Fsp3) is 0.722. The molecule has 0 unspecified atom stereocenters. The molecule has 0 bridgehead atoms. The number of hydrogen-bond acceptors (Lipinski definition) is 4. The zero-order valence-corrected chi connectivity index (χ0v) is 14.0. The lowest BCUT2D eigenvalue weighted by molar-refractivity contribution is -0.0488. The van der Waals surface area contributed by atoms with Crippen LogP contribution in [0.15, 0.2) is 24.5 Å². The number of pyridine rings is 1. The van der Waals surface area contributed by atoms with Gasteiger partial charge in [0.15, 0.2) is 0 Å². The van der Waals surface area contributed by atoms with Crippen LogP contribution in [-0.4, -0.2) is 59.7 Å². The van der Waals surface area contributed by atoms with E-state index in [-0.39, 0.29) is 11.6 Å². The van der Waals surface area contributed by atoms with E-state index in [1.54, 1.807) is 0 Å². The highest BCUT2D eigenvalue weighted by molar-refractivity contribution is 5.13. The van der Waals surface area contributed by atoms with Crippen LogP contribution in [0.2, 0.25) is 0 Å². The van der Waals surface area contributed by atoms with Crippen molar-refractivity contribution in [2.45, 2.75) is 44.8 Å². The molecule has 4 nitrogen and oxygen atoms in total. The highest BCUT2D eigenvalue weighted by Gasteiger charge is 2.32. The molecular formula is C18H29N3O. The molecule has 1 aromatic heterocycles. The van der Waals surface area contributed by atoms with Gasteiger partial charge in [0.25, 0.3) is 0 Å². The Morgan fingerprint density at radius 1 is 1.23 bits per heavy atom. The molecule has 1 aromatic rings. The number of rotatable bonds is 4. The summed E-state index contributed by atoms with van der Waals surface area (Å²) in [6.07, 6.45) is 8.02. The van der Waals surface area contributed by atoms with Crippen molar-refractivity contribution in [1.29, 1.82) is 0 Å². The van der Waals surface area contributed by atoms with Gasteiger partial charge in [-0.3, -0.25) is 14.8 Å². The summed E-state index contributed by atoms with van der Waals surface area (Å²) in [6, 6.07) is 4.12. The third-order valence-electron chi connectivity index (χ3n) is 5.03. The second-order valence-electron chi connectivity index (χ2n) is 7.24. The Labute approximate surface area is 134 Å². The van der Waals surface area contributed by atoms with Gasteiger partial charge in [0.2, 0.25) is 0 Å². The molecular weight excluding hydrogens is 274 g/mol. The molecule has 2 saturated heterocycles. The number of ether oxygens (including phenoxy) is 1. The minimum atomic E-state index is 0.166. The van der Waals surface area contributed by atoms with Crippen molar-refractivity contribution >= 4 is 0 Å². The summed E-state index contributed by atoms with van der Waals surface area (Å²) in [5.74, 6) is 0. The molecule has 3 rings (SSSR count). The van der Waals surface area contributed by atoms with E-state index < -0.39 is 0 Å². The van der Waals surface area contributed by atoms with Gasteiger partial charge in [-0.2, -0.15) is 0 Å². The summed E-state index contributed by atoms with van der Waals surface area (Å²) in [4.78, 5) is 9.46. The molecule has 4 heteroatoms. The Bertz CT molecular complexity index is 457. The van der Waals surface area contributed by atoms with E-state index in [1.165, 1.54) is 37.9 Å². The normalized spacial score (nSPS) is 25.3. The quantitative estimate of drug-likeness (QED) is 0.855. The second-order valence-corrected chi connectivity index (χ2v) is 7.24. The number of hydrogen-bond donors (Lipinski definition) is 0. The Morgan fingerprint density at radius 2 is 2.05 bits per heavy atom. The molecule has 0 amide bonds. The van der Waals surface area contributed by atoms with Crippen LogP contribution < -0.4 is 0 Å². The molecule has 22 heavy (non-hydrogen) atoms. The number of likely N-dealkylation sites (tertiary alicyclic amines) is 1. The van der Waals surface area contributed by atoms with Gasteiger partial charge in [-0.05, 0) is 45.8 Å². The van der Waals surface area contributed by atoms with Crippen LogP contribution in [0.25, 0.3) is 0 Å². The Kier molecular flexibility index (Phi) is 5.11. The maximum absolute atomic E-state index is 5.96. The molecule has 3 heterocycles. The first-order valence-corrected chi connectivity index (χ1v) is 8.64. The van der Waals surface area contributed by atoms with Crippen molar-refractivity contribution in [1.82, 2.24) is 14.8 Å². The van der Waals surface area contributed by atoms with Gasteiger partial charge in [0.05, 0.1) is 12.7 Å². The topological polar surface area (TPSA) is 28.6 Å². The summed E-state index contributed by atoms with van der Waals surface area (Å²) in [6.45, 7) is 11.2. The Balaban J connectivity index is 1.60. The van der Waals surface area contributed by atoms with E-state index in [2.05, 4.69) is 34.7 Å². The van der Waals surface area contributed by atoms with Crippen molar-refractivity contribution in [3.63, 3.8) is 0 Å². The van der Waals surface area contributed by atoms with E-state index in [9.17, 15) is 0 Å². The largest absolute Gasteiger partial charge is 0.371 e. The summed E-state index contributed by atoms with van der Waals surface area (Å²) < 4.78 is 5.96. The molecule has 2 fully saturated rings. The number of aromatic nitrogens is 1. The predicted molar refractivity (Wildman–Crippen MR) is 88.9 cm³/mol. The zero-order chi connectivity index (χ0) is 15.4. The van der Waals surface area contributed by atoms with E-state index in [0.29, 0.717) is 0 Å². The molecule has 2 aliphatic heterocycles. The smallest absolute Gasteiger partial charge is 0.0967 e. The monoisotopic (exact) mass is 303 g/mol. The summed E-state index contributed by atoms with van der Waals surface area (Å²) in [7, 11) is 0. The molecule has 1 atom stereocenters. The van der Waals surface area contributed by atoms with E-state index in [1.807, 2.05) is 18.5 Å². The van der Waals surface area contributed by atoms with Crippen molar-refractivity contribution in [2.75, 3.05) is 39.3 Å². The van der Waals surface area contributed by atoms with Gasteiger partial charge in [0.1, 0.15) is 0 Å². The van der Waals surface area contributed by atoms with E-state index >= 15 is 0 Å². The maximum Gasteiger partial charge on any atom is 0.0967 e. The Morgan fingerprint density at radius 3 is 2.77 bits per heavy atom.